The van der Waals surface area contributed by atoms with E-state index in [0.29, 0.717) is 32.2 Å². The van der Waals surface area contributed by atoms with E-state index in [4.69, 9.17) is 14.5 Å². The lowest BCUT2D eigenvalue weighted by Crippen LogP contribution is -2.51. The summed E-state index contributed by atoms with van der Waals surface area (Å²) in [6.45, 7) is 8.59. The molecule has 0 bridgehead atoms. The zero-order valence-electron chi connectivity index (χ0n) is 17.1. The van der Waals surface area contributed by atoms with Crippen LogP contribution >= 0.6 is 0 Å². The Morgan fingerprint density at radius 3 is 2.71 bits per heavy atom. The van der Waals surface area contributed by atoms with Gasteiger partial charge in [-0.05, 0) is 33.6 Å². The Hall–Kier alpha value is -2.35. The number of hydrogen-bond donors (Lipinski definition) is 0. The summed E-state index contributed by atoms with van der Waals surface area (Å²) >= 11 is 0. The number of aromatic nitrogens is 3. The Morgan fingerprint density at radius 2 is 2.04 bits per heavy atom. The quantitative estimate of drug-likeness (QED) is 0.805. The number of carbonyl (C=O) groups excluding carboxylic acids is 1. The van der Waals surface area contributed by atoms with E-state index >= 15 is 0 Å². The van der Waals surface area contributed by atoms with Gasteiger partial charge in [-0.1, -0.05) is 0 Å². The predicted octanol–water partition coefficient (Wildman–Crippen LogP) is 2.29. The molecule has 0 N–H and O–H groups in total. The Morgan fingerprint density at radius 1 is 1.25 bits per heavy atom. The smallest absolute Gasteiger partial charge is 0.410 e. The van der Waals surface area contributed by atoms with Gasteiger partial charge in [0, 0.05) is 44.8 Å². The molecule has 2 aromatic rings. The number of nitrogens with zero attached hydrogens (tertiary/aromatic N) is 5. The van der Waals surface area contributed by atoms with Gasteiger partial charge in [0.05, 0.1) is 24.5 Å². The fraction of sp³-hybridized carbons (Fsp3) is 0.650. The molecule has 2 aliphatic rings. The summed E-state index contributed by atoms with van der Waals surface area (Å²) in [6, 6.07) is 2.29. The zero-order valence-corrected chi connectivity index (χ0v) is 17.1. The Balaban J connectivity index is 1.65. The third kappa shape index (κ3) is 3.53. The fourth-order valence-corrected chi connectivity index (χ4v) is 3.96. The fourth-order valence-electron chi connectivity index (χ4n) is 3.96. The summed E-state index contributed by atoms with van der Waals surface area (Å²) in [5.41, 5.74) is 2.59. The molecule has 0 spiro atoms. The maximum Gasteiger partial charge on any atom is 0.410 e. The standard InChI is InChI=1S/C20H29N5O3/c1-20(2,3)28-19(26)23-10-7-15-16(8-11-23)22-17-5-9-21-25(17)18(15)24-12-6-14(24)13-27-4/h5,9,14H,6-8,10-13H2,1-4H3. The molecule has 2 aliphatic heterocycles. The lowest BCUT2D eigenvalue weighted by Gasteiger charge is -2.43. The molecule has 1 atom stereocenters. The monoisotopic (exact) mass is 387 g/mol. The highest BCUT2D eigenvalue weighted by molar-refractivity contribution is 5.69. The molecular formula is C20H29N5O3. The molecule has 1 amide bonds. The molecule has 4 rings (SSSR count). The molecule has 28 heavy (non-hydrogen) atoms. The number of methoxy groups -OCH3 is 1. The van der Waals surface area contributed by atoms with E-state index in [9.17, 15) is 4.79 Å². The SMILES string of the molecule is COCC1CCN1c1c2c(nc3ccnn13)CCN(C(=O)OC(C)(C)C)CC2. The molecule has 152 valence electrons. The van der Waals surface area contributed by atoms with Crippen LogP contribution in [0.2, 0.25) is 0 Å². The van der Waals surface area contributed by atoms with Gasteiger partial charge in [0.2, 0.25) is 0 Å². The highest BCUT2D eigenvalue weighted by Crippen LogP contribution is 2.33. The van der Waals surface area contributed by atoms with Crippen molar-refractivity contribution >= 4 is 17.6 Å². The van der Waals surface area contributed by atoms with Gasteiger partial charge in [-0.3, -0.25) is 0 Å². The van der Waals surface area contributed by atoms with Crippen molar-refractivity contribution in [2.24, 2.45) is 0 Å². The summed E-state index contributed by atoms with van der Waals surface area (Å²) < 4.78 is 12.9. The summed E-state index contributed by atoms with van der Waals surface area (Å²) in [6.07, 6.45) is 4.10. The summed E-state index contributed by atoms with van der Waals surface area (Å²) in [4.78, 5) is 21.6. The van der Waals surface area contributed by atoms with Crippen molar-refractivity contribution in [1.29, 1.82) is 0 Å². The van der Waals surface area contributed by atoms with E-state index in [1.54, 1.807) is 18.2 Å². The van der Waals surface area contributed by atoms with Crippen LogP contribution in [-0.4, -0.2) is 70.6 Å². The first-order chi connectivity index (χ1) is 13.4. The molecule has 1 fully saturated rings. The second-order valence-corrected chi connectivity index (χ2v) is 8.52. The average Bonchev–Trinajstić information content (AvgIpc) is 2.95. The number of hydrogen-bond acceptors (Lipinski definition) is 6. The van der Waals surface area contributed by atoms with E-state index in [2.05, 4.69) is 10.00 Å². The molecule has 0 aromatic carbocycles. The summed E-state index contributed by atoms with van der Waals surface area (Å²) in [7, 11) is 1.74. The first kappa shape index (κ1) is 19.0. The third-order valence-electron chi connectivity index (χ3n) is 5.37. The van der Waals surface area contributed by atoms with Crippen molar-refractivity contribution in [2.75, 3.05) is 38.3 Å². The van der Waals surface area contributed by atoms with Gasteiger partial charge >= 0.3 is 6.09 Å². The molecule has 0 radical (unpaired) electrons. The van der Waals surface area contributed by atoms with Crippen molar-refractivity contribution < 1.29 is 14.3 Å². The molecular weight excluding hydrogens is 358 g/mol. The van der Waals surface area contributed by atoms with Crippen LogP contribution in [0, 0.1) is 0 Å². The van der Waals surface area contributed by atoms with E-state index in [-0.39, 0.29) is 6.09 Å². The Kier molecular flexibility index (Phi) is 4.91. The topological polar surface area (TPSA) is 72.2 Å². The molecule has 0 aliphatic carbocycles. The van der Waals surface area contributed by atoms with E-state index < -0.39 is 5.60 Å². The molecule has 2 aromatic heterocycles. The van der Waals surface area contributed by atoms with Gasteiger partial charge in [0.25, 0.3) is 0 Å². The van der Waals surface area contributed by atoms with Crippen molar-refractivity contribution in [3.8, 4) is 0 Å². The van der Waals surface area contributed by atoms with Gasteiger partial charge in [-0.2, -0.15) is 9.61 Å². The number of amides is 1. The molecule has 0 saturated carbocycles. The lowest BCUT2D eigenvalue weighted by atomic mass is 10.0. The first-order valence-electron chi connectivity index (χ1n) is 9.96. The summed E-state index contributed by atoms with van der Waals surface area (Å²) in [5.74, 6) is 1.10. The number of anilines is 1. The normalized spacial score (nSPS) is 19.9. The van der Waals surface area contributed by atoms with E-state index in [1.807, 2.05) is 31.4 Å². The van der Waals surface area contributed by atoms with Gasteiger partial charge in [-0.15, -0.1) is 0 Å². The highest BCUT2D eigenvalue weighted by Gasteiger charge is 2.34. The van der Waals surface area contributed by atoms with Crippen molar-refractivity contribution in [2.45, 2.75) is 51.7 Å². The van der Waals surface area contributed by atoms with Crippen molar-refractivity contribution in [1.82, 2.24) is 19.5 Å². The minimum atomic E-state index is -0.495. The van der Waals surface area contributed by atoms with Gasteiger partial charge in [0.15, 0.2) is 5.65 Å². The molecule has 1 saturated heterocycles. The summed E-state index contributed by atoms with van der Waals surface area (Å²) in [5, 5.41) is 4.52. The van der Waals surface area contributed by atoms with Crippen molar-refractivity contribution in [3.63, 3.8) is 0 Å². The zero-order chi connectivity index (χ0) is 19.9. The highest BCUT2D eigenvalue weighted by atomic mass is 16.6. The molecule has 8 heteroatoms. The molecule has 1 unspecified atom stereocenters. The lowest BCUT2D eigenvalue weighted by molar-refractivity contribution is 0.0258. The molecule has 4 heterocycles. The maximum absolute atomic E-state index is 12.6. The maximum atomic E-state index is 12.6. The number of carbonyl (C=O) groups is 1. The van der Waals surface area contributed by atoms with Gasteiger partial charge in [-0.25, -0.2) is 9.78 Å². The third-order valence-corrected chi connectivity index (χ3v) is 5.37. The van der Waals surface area contributed by atoms with Crippen LogP contribution in [0.3, 0.4) is 0 Å². The second kappa shape index (κ2) is 7.24. The van der Waals surface area contributed by atoms with E-state index in [0.717, 1.165) is 36.5 Å². The number of fused-ring (bicyclic) bond motifs is 2. The van der Waals surface area contributed by atoms with Crippen LogP contribution in [0.1, 0.15) is 38.4 Å². The average molecular weight is 387 g/mol. The minimum Gasteiger partial charge on any atom is -0.444 e. The van der Waals surface area contributed by atoms with Crippen LogP contribution in [0.15, 0.2) is 12.3 Å². The van der Waals surface area contributed by atoms with Crippen LogP contribution in [0.4, 0.5) is 10.6 Å². The van der Waals surface area contributed by atoms with Crippen LogP contribution in [0.25, 0.3) is 5.65 Å². The largest absolute Gasteiger partial charge is 0.444 e. The minimum absolute atomic E-state index is 0.257. The Bertz CT molecular complexity index is 873. The van der Waals surface area contributed by atoms with Crippen LogP contribution in [-0.2, 0) is 22.3 Å². The van der Waals surface area contributed by atoms with Gasteiger partial charge in [0.1, 0.15) is 11.4 Å². The number of rotatable bonds is 3. The Labute approximate surface area is 165 Å². The van der Waals surface area contributed by atoms with Gasteiger partial charge < -0.3 is 19.3 Å². The first-order valence-corrected chi connectivity index (χ1v) is 9.96. The molecule has 8 nitrogen and oxygen atoms in total. The van der Waals surface area contributed by atoms with E-state index in [1.165, 1.54) is 5.56 Å². The second-order valence-electron chi connectivity index (χ2n) is 8.52. The predicted molar refractivity (Wildman–Crippen MR) is 106 cm³/mol. The van der Waals surface area contributed by atoms with Crippen LogP contribution < -0.4 is 4.90 Å². The van der Waals surface area contributed by atoms with Crippen LogP contribution in [0.5, 0.6) is 0 Å². The number of ether oxygens (including phenoxy) is 2. The van der Waals surface area contributed by atoms with Crippen molar-refractivity contribution in [3.05, 3.63) is 23.5 Å².